The van der Waals surface area contributed by atoms with Crippen LogP contribution in [-0.4, -0.2) is 23.6 Å². The Bertz CT molecular complexity index is 236. The Morgan fingerprint density at radius 3 is 3.00 bits per heavy atom. The minimum atomic E-state index is 0.684. The second-order valence-corrected chi connectivity index (χ2v) is 2.44. The molecule has 0 atom stereocenters. The first-order valence-corrected chi connectivity index (χ1v) is 4.11. The van der Waals surface area contributed by atoms with Gasteiger partial charge in [0.1, 0.15) is 5.82 Å². The maximum Gasteiger partial charge on any atom is 0.224 e. The normalized spacial score (nSPS) is 9.50. The fourth-order valence-corrected chi connectivity index (χ4v) is 0.820. The summed E-state index contributed by atoms with van der Waals surface area (Å²) in [7, 11) is 1.84. The average Bonchev–Trinajstić information content (AvgIpc) is 2.15. The van der Waals surface area contributed by atoms with E-state index >= 15 is 0 Å². The molecule has 2 N–H and O–H groups in total. The van der Waals surface area contributed by atoms with Crippen LogP contribution >= 0.6 is 0 Å². The van der Waals surface area contributed by atoms with Crippen molar-refractivity contribution >= 4 is 11.8 Å². The third-order valence-electron chi connectivity index (χ3n) is 1.44. The molecular formula is C8H14N4. The van der Waals surface area contributed by atoms with E-state index in [0.717, 1.165) is 18.8 Å². The molecule has 0 aliphatic carbocycles. The van der Waals surface area contributed by atoms with Crippen molar-refractivity contribution in [1.82, 2.24) is 9.97 Å². The Labute approximate surface area is 72.4 Å². The van der Waals surface area contributed by atoms with Crippen LogP contribution in [0.5, 0.6) is 0 Å². The molecular weight excluding hydrogens is 152 g/mol. The number of aromatic nitrogens is 2. The highest BCUT2D eigenvalue weighted by molar-refractivity contribution is 5.38. The van der Waals surface area contributed by atoms with Gasteiger partial charge in [-0.2, -0.15) is 4.98 Å². The Hall–Kier alpha value is -1.32. The van der Waals surface area contributed by atoms with E-state index in [4.69, 9.17) is 0 Å². The molecule has 1 heterocycles. The predicted octanol–water partition coefficient (Wildman–Crippen LogP) is 1.34. The van der Waals surface area contributed by atoms with Crippen LogP contribution in [0.1, 0.15) is 13.3 Å². The van der Waals surface area contributed by atoms with E-state index in [1.54, 1.807) is 6.20 Å². The van der Waals surface area contributed by atoms with Crippen molar-refractivity contribution in [3.05, 3.63) is 12.3 Å². The van der Waals surface area contributed by atoms with E-state index in [1.807, 2.05) is 13.1 Å². The molecule has 0 aliphatic rings. The second kappa shape index (κ2) is 4.54. The third-order valence-corrected chi connectivity index (χ3v) is 1.44. The van der Waals surface area contributed by atoms with Gasteiger partial charge in [0.2, 0.25) is 5.95 Å². The highest BCUT2D eigenvalue weighted by Crippen LogP contribution is 2.03. The first-order chi connectivity index (χ1) is 5.86. The lowest BCUT2D eigenvalue weighted by atomic mass is 10.5. The van der Waals surface area contributed by atoms with Gasteiger partial charge in [-0.3, -0.25) is 0 Å². The van der Waals surface area contributed by atoms with Crippen molar-refractivity contribution in [2.75, 3.05) is 24.2 Å². The summed E-state index contributed by atoms with van der Waals surface area (Å²) in [6, 6.07) is 1.83. The summed E-state index contributed by atoms with van der Waals surface area (Å²) in [5.41, 5.74) is 0. The van der Waals surface area contributed by atoms with Gasteiger partial charge in [0.25, 0.3) is 0 Å². The zero-order valence-electron chi connectivity index (χ0n) is 7.46. The number of hydrogen-bond acceptors (Lipinski definition) is 4. The molecule has 1 aromatic heterocycles. The molecule has 66 valence electrons. The predicted molar refractivity (Wildman–Crippen MR) is 50.4 cm³/mol. The summed E-state index contributed by atoms with van der Waals surface area (Å²) < 4.78 is 0. The smallest absolute Gasteiger partial charge is 0.224 e. The average molecular weight is 166 g/mol. The fraction of sp³-hybridized carbons (Fsp3) is 0.500. The number of hydrogen-bond donors (Lipinski definition) is 2. The van der Waals surface area contributed by atoms with Gasteiger partial charge in [0.05, 0.1) is 0 Å². The highest BCUT2D eigenvalue weighted by atomic mass is 15.1. The van der Waals surface area contributed by atoms with Gasteiger partial charge in [-0.25, -0.2) is 4.98 Å². The summed E-state index contributed by atoms with van der Waals surface area (Å²) in [6.07, 6.45) is 2.81. The summed E-state index contributed by atoms with van der Waals surface area (Å²) in [6.45, 7) is 3.02. The molecule has 0 saturated heterocycles. The monoisotopic (exact) mass is 166 g/mol. The van der Waals surface area contributed by atoms with Crippen molar-refractivity contribution in [3.63, 3.8) is 0 Å². The molecule has 0 amide bonds. The van der Waals surface area contributed by atoms with Gasteiger partial charge in [-0.1, -0.05) is 6.92 Å². The summed E-state index contributed by atoms with van der Waals surface area (Å²) in [5.74, 6) is 1.52. The van der Waals surface area contributed by atoms with Gasteiger partial charge in [0.15, 0.2) is 0 Å². The molecule has 0 aromatic carbocycles. The van der Waals surface area contributed by atoms with Crippen LogP contribution in [0, 0.1) is 0 Å². The van der Waals surface area contributed by atoms with Crippen LogP contribution in [0.2, 0.25) is 0 Å². The van der Waals surface area contributed by atoms with E-state index in [-0.39, 0.29) is 0 Å². The topological polar surface area (TPSA) is 49.8 Å². The molecule has 0 aliphatic heterocycles. The number of anilines is 2. The first-order valence-electron chi connectivity index (χ1n) is 4.11. The Kier molecular flexibility index (Phi) is 3.32. The molecule has 1 aromatic rings. The Morgan fingerprint density at radius 2 is 2.33 bits per heavy atom. The van der Waals surface area contributed by atoms with Crippen LogP contribution < -0.4 is 10.6 Å². The maximum atomic E-state index is 4.20. The minimum Gasteiger partial charge on any atom is -0.373 e. The van der Waals surface area contributed by atoms with E-state index in [0.29, 0.717) is 5.95 Å². The lowest BCUT2D eigenvalue weighted by molar-refractivity contribution is 0.953. The van der Waals surface area contributed by atoms with Crippen molar-refractivity contribution < 1.29 is 0 Å². The summed E-state index contributed by atoms with van der Waals surface area (Å²) >= 11 is 0. The van der Waals surface area contributed by atoms with Gasteiger partial charge in [0, 0.05) is 19.8 Å². The molecule has 12 heavy (non-hydrogen) atoms. The van der Waals surface area contributed by atoms with Gasteiger partial charge < -0.3 is 10.6 Å². The minimum absolute atomic E-state index is 0.684. The van der Waals surface area contributed by atoms with Crippen LogP contribution in [0.3, 0.4) is 0 Å². The van der Waals surface area contributed by atoms with Gasteiger partial charge in [-0.05, 0) is 12.5 Å². The van der Waals surface area contributed by atoms with E-state index < -0.39 is 0 Å². The zero-order chi connectivity index (χ0) is 8.81. The van der Waals surface area contributed by atoms with Crippen molar-refractivity contribution in [2.45, 2.75) is 13.3 Å². The molecule has 0 spiro atoms. The number of rotatable bonds is 4. The van der Waals surface area contributed by atoms with Gasteiger partial charge in [-0.15, -0.1) is 0 Å². The molecule has 0 radical (unpaired) electrons. The molecule has 0 unspecified atom stereocenters. The van der Waals surface area contributed by atoms with E-state index in [2.05, 4.69) is 27.5 Å². The lowest BCUT2D eigenvalue weighted by Crippen LogP contribution is -2.05. The summed E-state index contributed by atoms with van der Waals surface area (Å²) in [5, 5.41) is 6.06. The molecule has 0 bridgehead atoms. The number of nitrogens with zero attached hydrogens (tertiary/aromatic N) is 2. The van der Waals surface area contributed by atoms with Crippen LogP contribution in [0.25, 0.3) is 0 Å². The second-order valence-electron chi connectivity index (χ2n) is 2.44. The van der Waals surface area contributed by atoms with Crippen LogP contribution in [-0.2, 0) is 0 Å². The molecule has 4 nitrogen and oxygen atoms in total. The fourth-order valence-electron chi connectivity index (χ4n) is 0.820. The van der Waals surface area contributed by atoms with E-state index in [1.165, 1.54) is 0 Å². The molecule has 0 fully saturated rings. The van der Waals surface area contributed by atoms with Crippen LogP contribution in [0.4, 0.5) is 11.8 Å². The van der Waals surface area contributed by atoms with Crippen LogP contribution in [0.15, 0.2) is 12.3 Å². The quantitative estimate of drug-likeness (QED) is 0.708. The van der Waals surface area contributed by atoms with Crippen molar-refractivity contribution in [3.8, 4) is 0 Å². The van der Waals surface area contributed by atoms with Crippen molar-refractivity contribution in [1.29, 1.82) is 0 Å². The Morgan fingerprint density at radius 1 is 1.50 bits per heavy atom. The molecule has 0 saturated carbocycles. The first kappa shape index (κ1) is 8.77. The highest BCUT2D eigenvalue weighted by Gasteiger charge is 1.94. The SMILES string of the molecule is CCCNc1nccc(NC)n1. The van der Waals surface area contributed by atoms with Gasteiger partial charge >= 0.3 is 0 Å². The van der Waals surface area contributed by atoms with E-state index in [9.17, 15) is 0 Å². The number of nitrogens with one attached hydrogen (secondary N) is 2. The molecule has 4 heteroatoms. The largest absolute Gasteiger partial charge is 0.373 e. The standard InChI is InChI=1S/C8H14N4/c1-3-5-10-8-11-6-4-7(9-2)12-8/h4,6H,3,5H2,1-2H3,(H2,9,10,11,12). The molecule has 1 rings (SSSR count). The summed E-state index contributed by atoms with van der Waals surface area (Å²) in [4.78, 5) is 8.26. The maximum absolute atomic E-state index is 4.20. The zero-order valence-corrected chi connectivity index (χ0v) is 7.46. The lowest BCUT2D eigenvalue weighted by Gasteiger charge is -2.03. The van der Waals surface area contributed by atoms with Crippen molar-refractivity contribution in [2.24, 2.45) is 0 Å². The Balaban J connectivity index is 2.60. The third kappa shape index (κ3) is 2.38.